The van der Waals surface area contributed by atoms with E-state index in [1.807, 2.05) is 11.4 Å². The fourth-order valence-electron chi connectivity index (χ4n) is 1.48. The Morgan fingerprint density at radius 1 is 1.40 bits per heavy atom. The Bertz CT molecular complexity index is 456. The van der Waals surface area contributed by atoms with Gasteiger partial charge in [0, 0.05) is 28.3 Å². The second kappa shape index (κ2) is 9.33. The largest absolute Gasteiger partial charge is 0.481 e. The third-order valence-corrected chi connectivity index (χ3v) is 4.24. The summed E-state index contributed by atoms with van der Waals surface area (Å²) in [5.41, 5.74) is 0. The summed E-state index contributed by atoms with van der Waals surface area (Å²) in [6.07, 6.45) is 0.0470. The van der Waals surface area contributed by atoms with Crippen molar-refractivity contribution in [1.29, 1.82) is 0 Å². The molecule has 114 valence electrons. The van der Waals surface area contributed by atoms with Crippen LogP contribution in [0.15, 0.2) is 15.9 Å². The zero-order valence-electron chi connectivity index (χ0n) is 11.3. The van der Waals surface area contributed by atoms with Crippen LogP contribution in [0.3, 0.4) is 0 Å². The molecule has 20 heavy (non-hydrogen) atoms. The van der Waals surface area contributed by atoms with E-state index in [0.717, 1.165) is 9.35 Å². The van der Waals surface area contributed by atoms with E-state index in [4.69, 9.17) is 5.11 Å². The first-order valence-electron chi connectivity index (χ1n) is 5.75. The molecule has 0 atom stereocenters. The Morgan fingerprint density at radius 3 is 2.55 bits per heavy atom. The molecule has 0 aliphatic carbocycles. The number of hydrogen-bond donors (Lipinski definition) is 1. The van der Waals surface area contributed by atoms with Gasteiger partial charge in [-0.25, -0.2) is 0 Å². The highest BCUT2D eigenvalue weighted by molar-refractivity contribution is 9.10. The number of likely N-dealkylation sites (N-methyl/N-ethyl adjacent to an activating group) is 2. The lowest BCUT2D eigenvalue weighted by Crippen LogP contribution is -2.36. The quantitative estimate of drug-likeness (QED) is 0.782. The van der Waals surface area contributed by atoms with Crippen LogP contribution in [-0.2, 0) is 16.1 Å². The molecule has 0 bridgehead atoms. The number of amides is 1. The number of rotatable bonds is 7. The van der Waals surface area contributed by atoms with Gasteiger partial charge < -0.3 is 10.0 Å². The molecule has 1 amide bonds. The lowest BCUT2D eigenvalue weighted by Gasteiger charge is -2.21. The van der Waals surface area contributed by atoms with Gasteiger partial charge in [-0.15, -0.1) is 23.7 Å². The lowest BCUT2D eigenvalue weighted by molar-refractivity contribution is -0.138. The van der Waals surface area contributed by atoms with Gasteiger partial charge in [-0.2, -0.15) is 0 Å². The molecular weight excluding hydrogens is 368 g/mol. The summed E-state index contributed by atoms with van der Waals surface area (Å²) in [5.74, 6) is -0.867. The maximum Gasteiger partial charge on any atom is 0.304 e. The highest BCUT2D eigenvalue weighted by Crippen LogP contribution is 2.20. The lowest BCUT2D eigenvalue weighted by atomic mass is 10.3. The van der Waals surface area contributed by atoms with Crippen molar-refractivity contribution >= 4 is 51.6 Å². The molecule has 0 spiro atoms. The zero-order chi connectivity index (χ0) is 14.4. The molecule has 1 heterocycles. The Kier molecular flexibility index (Phi) is 9.04. The highest BCUT2D eigenvalue weighted by atomic mass is 79.9. The van der Waals surface area contributed by atoms with Crippen molar-refractivity contribution in [3.05, 3.63) is 20.8 Å². The van der Waals surface area contributed by atoms with E-state index in [1.54, 1.807) is 35.2 Å². The molecule has 1 rings (SSSR count). The number of carbonyl (C=O) groups is 2. The summed E-state index contributed by atoms with van der Waals surface area (Å²) in [4.78, 5) is 26.9. The maximum atomic E-state index is 11.9. The van der Waals surface area contributed by atoms with Crippen molar-refractivity contribution in [3.63, 3.8) is 0 Å². The molecule has 0 saturated carbocycles. The Labute approximate surface area is 137 Å². The van der Waals surface area contributed by atoms with Crippen LogP contribution >= 0.6 is 39.7 Å². The minimum Gasteiger partial charge on any atom is -0.481 e. The number of carboxylic acids is 1. The number of aliphatic carboxylic acids is 1. The summed E-state index contributed by atoms with van der Waals surface area (Å²) in [7, 11) is 3.50. The smallest absolute Gasteiger partial charge is 0.304 e. The van der Waals surface area contributed by atoms with Gasteiger partial charge in [0.25, 0.3) is 0 Å². The van der Waals surface area contributed by atoms with Crippen molar-refractivity contribution < 1.29 is 14.7 Å². The van der Waals surface area contributed by atoms with Gasteiger partial charge in [-0.1, -0.05) is 0 Å². The predicted octanol–water partition coefficient (Wildman–Crippen LogP) is 2.30. The molecule has 0 aliphatic rings. The fraction of sp³-hybridized carbons (Fsp3) is 0.500. The van der Waals surface area contributed by atoms with Gasteiger partial charge in [0.2, 0.25) is 5.91 Å². The fourth-order valence-corrected chi connectivity index (χ4v) is 2.98. The molecule has 0 unspecified atom stereocenters. The minimum absolute atomic E-state index is 0. The number of carbonyl (C=O) groups excluding carboxylic acids is 1. The molecule has 5 nitrogen and oxygen atoms in total. The standard InChI is InChI=1S/C12H17BrN2O3S.ClH/c1-14(4-3-12(17)18)7-11(16)15(2)6-10-5-9(13)8-19-10;/h5,8H,3-4,6-7H2,1-2H3,(H,17,18);1H. The first kappa shape index (κ1) is 19.4. The van der Waals surface area contributed by atoms with E-state index in [0.29, 0.717) is 13.1 Å². The van der Waals surface area contributed by atoms with Gasteiger partial charge in [0.15, 0.2) is 0 Å². The Balaban J connectivity index is 0.00000361. The van der Waals surface area contributed by atoms with E-state index >= 15 is 0 Å². The number of carboxylic acid groups (broad SMARTS) is 1. The van der Waals surface area contributed by atoms with Crippen LogP contribution in [0.25, 0.3) is 0 Å². The van der Waals surface area contributed by atoms with Crippen LogP contribution in [0.5, 0.6) is 0 Å². The number of hydrogen-bond acceptors (Lipinski definition) is 4. The highest BCUT2D eigenvalue weighted by Gasteiger charge is 2.13. The van der Waals surface area contributed by atoms with Crippen LogP contribution in [0.2, 0.25) is 0 Å². The molecule has 0 radical (unpaired) electrons. The van der Waals surface area contributed by atoms with E-state index in [9.17, 15) is 9.59 Å². The number of nitrogens with zero attached hydrogens (tertiary/aromatic N) is 2. The van der Waals surface area contributed by atoms with Crippen molar-refractivity contribution in [3.8, 4) is 0 Å². The molecule has 1 aromatic rings. The summed E-state index contributed by atoms with van der Waals surface area (Å²) >= 11 is 4.97. The summed E-state index contributed by atoms with van der Waals surface area (Å²) in [5, 5.41) is 10.6. The normalized spacial score (nSPS) is 10.2. The molecule has 0 fully saturated rings. The molecule has 1 aromatic heterocycles. The van der Waals surface area contributed by atoms with Crippen molar-refractivity contribution in [2.24, 2.45) is 0 Å². The second-order valence-electron chi connectivity index (χ2n) is 4.36. The Hall–Kier alpha value is -0.630. The summed E-state index contributed by atoms with van der Waals surface area (Å²) < 4.78 is 1.02. The molecular formula is C12H18BrClN2O3S. The summed E-state index contributed by atoms with van der Waals surface area (Å²) in [6.45, 7) is 1.18. The van der Waals surface area contributed by atoms with Gasteiger partial charge in [-0.3, -0.25) is 14.5 Å². The molecule has 0 saturated heterocycles. The number of halogens is 2. The Morgan fingerprint density at radius 2 is 2.05 bits per heavy atom. The minimum atomic E-state index is -0.851. The molecule has 0 aromatic carbocycles. The topological polar surface area (TPSA) is 60.9 Å². The SMILES string of the molecule is CN(CCC(=O)O)CC(=O)N(C)Cc1cc(Br)cs1.Cl. The first-order chi connectivity index (χ1) is 8.88. The van der Waals surface area contributed by atoms with Crippen LogP contribution in [0.1, 0.15) is 11.3 Å². The van der Waals surface area contributed by atoms with E-state index in [-0.39, 0.29) is 31.3 Å². The summed E-state index contributed by atoms with van der Waals surface area (Å²) in [6, 6.07) is 1.99. The van der Waals surface area contributed by atoms with Crippen LogP contribution < -0.4 is 0 Å². The van der Waals surface area contributed by atoms with Gasteiger partial charge in [0.05, 0.1) is 19.5 Å². The number of thiophene rings is 1. The predicted molar refractivity (Wildman–Crippen MR) is 85.5 cm³/mol. The van der Waals surface area contributed by atoms with Crippen molar-refractivity contribution in [2.75, 3.05) is 27.2 Å². The zero-order valence-corrected chi connectivity index (χ0v) is 14.6. The van der Waals surface area contributed by atoms with Crippen LogP contribution in [0.4, 0.5) is 0 Å². The van der Waals surface area contributed by atoms with E-state index in [2.05, 4.69) is 15.9 Å². The second-order valence-corrected chi connectivity index (χ2v) is 6.27. The van der Waals surface area contributed by atoms with Crippen molar-refractivity contribution in [2.45, 2.75) is 13.0 Å². The van der Waals surface area contributed by atoms with Gasteiger partial charge in [-0.05, 0) is 29.0 Å². The van der Waals surface area contributed by atoms with Gasteiger partial charge >= 0.3 is 5.97 Å². The average molecular weight is 386 g/mol. The molecule has 8 heteroatoms. The monoisotopic (exact) mass is 384 g/mol. The van der Waals surface area contributed by atoms with Gasteiger partial charge in [0.1, 0.15) is 0 Å². The molecule has 1 N–H and O–H groups in total. The van der Waals surface area contributed by atoms with E-state index in [1.165, 1.54) is 0 Å². The first-order valence-corrected chi connectivity index (χ1v) is 7.43. The van der Waals surface area contributed by atoms with E-state index < -0.39 is 5.97 Å². The molecule has 0 aliphatic heterocycles. The van der Waals surface area contributed by atoms with Crippen LogP contribution in [0, 0.1) is 0 Å². The third-order valence-electron chi connectivity index (χ3n) is 2.55. The van der Waals surface area contributed by atoms with Crippen molar-refractivity contribution in [1.82, 2.24) is 9.80 Å². The maximum absolute atomic E-state index is 11.9. The average Bonchev–Trinajstić information content (AvgIpc) is 2.72. The third kappa shape index (κ3) is 7.23. The van der Waals surface area contributed by atoms with Crippen LogP contribution in [-0.4, -0.2) is 54.0 Å².